The van der Waals surface area contributed by atoms with E-state index >= 15 is 0 Å². The van der Waals surface area contributed by atoms with E-state index in [2.05, 4.69) is 12.2 Å². The van der Waals surface area contributed by atoms with E-state index in [9.17, 15) is 34.7 Å². The van der Waals surface area contributed by atoms with Crippen LogP contribution in [0.25, 0.3) is 0 Å². The second kappa shape index (κ2) is 35.7. The first-order valence-corrected chi connectivity index (χ1v) is 23.1. The van der Waals surface area contributed by atoms with Gasteiger partial charge in [0.2, 0.25) is 5.91 Å². The first kappa shape index (κ1) is 54.8. The summed E-state index contributed by atoms with van der Waals surface area (Å²) in [5.74, 6) is -0.454. The highest BCUT2D eigenvalue weighted by Gasteiger charge is 2.23. The number of phosphoric ester groups is 1. The van der Waals surface area contributed by atoms with Crippen LogP contribution in [0.2, 0.25) is 0 Å². The fraction of sp³-hybridized carbons (Fsp3) is 0.711. The molecule has 0 aromatic carbocycles. The summed E-state index contributed by atoms with van der Waals surface area (Å²) >= 11 is 0. The Kier molecular flexibility index (Phi) is 34.4. The van der Waals surface area contributed by atoms with Gasteiger partial charge in [-0.3, -0.25) is 9.36 Å². The maximum Gasteiger partial charge on any atom is 0.268 e. The molecule has 0 rings (SSSR count). The van der Waals surface area contributed by atoms with E-state index in [-0.39, 0.29) is 25.9 Å². The molecule has 57 heavy (non-hydrogen) atoms. The molecule has 0 aliphatic rings. The minimum atomic E-state index is -4.69. The number of carbonyl (C=O) groups excluding carboxylic acids is 1. The Bertz CT molecular complexity index is 1210. The lowest BCUT2D eigenvalue weighted by atomic mass is 10.0. The number of quaternary nitrogens is 1. The molecular formula is C45H81N2O9P. The zero-order valence-electron chi connectivity index (χ0n) is 36.1. The molecular weight excluding hydrogens is 743 g/mol. The summed E-state index contributed by atoms with van der Waals surface area (Å²) in [6.45, 7) is 4.14. The minimum Gasteiger partial charge on any atom is -0.756 e. The van der Waals surface area contributed by atoms with E-state index < -0.39 is 50.8 Å². The van der Waals surface area contributed by atoms with Gasteiger partial charge >= 0.3 is 0 Å². The van der Waals surface area contributed by atoms with Crippen molar-refractivity contribution >= 4 is 13.7 Å². The predicted molar refractivity (Wildman–Crippen MR) is 232 cm³/mol. The zero-order chi connectivity index (χ0) is 42.6. The Balaban J connectivity index is 4.83. The summed E-state index contributed by atoms with van der Waals surface area (Å²) in [5.41, 5.74) is 0. The molecule has 5 N–H and O–H groups in total. The third kappa shape index (κ3) is 36.6. The average molecular weight is 825 g/mol. The monoisotopic (exact) mass is 825 g/mol. The van der Waals surface area contributed by atoms with Crippen LogP contribution in [0.5, 0.6) is 0 Å². The van der Waals surface area contributed by atoms with Crippen molar-refractivity contribution < 1.29 is 48.2 Å². The Morgan fingerprint density at radius 1 is 0.702 bits per heavy atom. The van der Waals surface area contributed by atoms with Crippen LogP contribution in [0.1, 0.15) is 136 Å². The lowest BCUT2D eigenvalue weighted by Gasteiger charge is -2.29. The number of allylic oxidation sites excluding steroid dienone is 8. The van der Waals surface area contributed by atoms with Crippen molar-refractivity contribution in [1.82, 2.24) is 5.32 Å². The van der Waals surface area contributed by atoms with Crippen molar-refractivity contribution in [3.8, 4) is 0 Å². The smallest absolute Gasteiger partial charge is 0.268 e. The molecule has 0 spiro atoms. The average Bonchev–Trinajstić information content (AvgIpc) is 3.15. The molecule has 330 valence electrons. The third-order valence-electron chi connectivity index (χ3n) is 9.26. The number of likely N-dealkylation sites (N-methyl/N-ethyl adjacent to an activating group) is 1. The number of unbranched alkanes of at least 4 members (excludes halogenated alkanes) is 13. The molecule has 0 fully saturated rings. The Morgan fingerprint density at radius 2 is 1.26 bits per heavy atom. The van der Waals surface area contributed by atoms with Crippen LogP contribution in [-0.2, 0) is 18.4 Å². The summed E-state index contributed by atoms with van der Waals surface area (Å²) in [4.78, 5) is 25.3. The Hall–Kier alpha value is -2.18. The molecule has 0 radical (unpaired) electrons. The number of carbonyl (C=O) groups is 1. The van der Waals surface area contributed by atoms with Crippen LogP contribution in [0.3, 0.4) is 0 Å². The number of aliphatic hydroxyl groups excluding tert-OH is 4. The van der Waals surface area contributed by atoms with E-state index in [1.54, 1.807) is 48.6 Å². The van der Waals surface area contributed by atoms with Crippen LogP contribution >= 0.6 is 7.82 Å². The number of phosphoric acid groups is 1. The first-order chi connectivity index (χ1) is 27.2. The summed E-state index contributed by atoms with van der Waals surface area (Å²) < 4.78 is 23.0. The van der Waals surface area contributed by atoms with Crippen molar-refractivity contribution in [3.05, 3.63) is 72.9 Å². The van der Waals surface area contributed by atoms with Crippen LogP contribution in [0, 0.1) is 0 Å². The second-order valence-electron chi connectivity index (χ2n) is 15.9. The van der Waals surface area contributed by atoms with Gasteiger partial charge in [0, 0.05) is 6.42 Å². The van der Waals surface area contributed by atoms with Gasteiger partial charge in [0.25, 0.3) is 7.82 Å². The van der Waals surface area contributed by atoms with Crippen LogP contribution in [-0.4, -0.2) is 102 Å². The maximum absolute atomic E-state index is 12.9. The van der Waals surface area contributed by atoms with Crippen molar-refractivity contribution in [3.63, 3.8) is 0 Å². The van der Waals surface area contributed by atoms with Gasteiger partial charge in [-0.1, -0.05) is 164 Å². The molecule has 0 aliphatic carbocycles. The standard InChI is InChI=1S/C45H81N2O9P/c1-6-8-10-11-12-13-14-15-16-17-18-19-20-24-28-33-42(49)41(39-56-57(53,54)55-38-37-47(3,4)5)46-45(52)36-30-35-44(51)43(50)34-29-25-22-21-23-27-32-40(48)31-26-9-7-2/h9,21-23,25-29,32-34,40-44,48-51H,6-8,10-20,24,30-31,35-39H2,1-5H3,(H-,46,52,53,54)/b23-21+,25-22-,26-9-,32-27+,33-28+,34-29-/t40-,41-,42+,43+,44+/m0/s1. The normalized spacial score (nSPS) is 16.7. The van der Waals surface area contributed by atoms with E-state index in [1.165, 1.54) is 76.7 Å². The van der Waals surface area contributed by atoms with Gasteiger partial charge in [-0.2, -0.15) is 0 Å². The molecule has 0 heterocycles. The number of hydrogen-bond donors (Lipinski definition) is 5. The maximum atomic E-state index is 12.9. The Morgan fingerprint density at radius 3 is 1.84 bits per heavy atom. The zero-order valence-corrected chi connectivity index (χ0v) is 37.0. The molecule has 0 aromatic rings. The lowest BCUT2D eigenvalue weighted by molar-refractivity contribution is -0.870. The van der Waals surface area contributed by atoms with Crippen LogP contribution < -0.4 is 10.2 Å². The molecule has 12 heteroatoms. The molecule has 0 saturated heterocycles. The molecule has 6 atom stereocenters. The number of rotatable bonds is 37. The molecule has 1 amide bonds. The number of aliphatic hydroxyl groups is 4. The molecule has 0 saturated carbocycles. The molecule has 0 aliphatic heterocycles. The fourth-order valence-corrected chi connectivity index (χ4v) is 6.39. The molecule has 11 nitrogen and oxygen atoms in total. The van der Waals surface area contributed by atoms with Gasteiger partial charge in [-0.05, 0) is 38.5 Å². The predicted octanol–water partition coefficient (Wildman–Crippen LogP) is 7.91. The SMILES string of the molecule is CC/C=C\C[C@H](O)/C=C/C=C/C=C\C=C/[C@@H](O)[C@H](O)CCCC(=O)N[C@@H](COP(=O)([O-])OCC[N+](C)(C)C)[C@H](O)/C=C/CCCCCCCCCCCCCCC. The van der Waals surface area contributed by atoms with Crippen molar-refractivity contribution in [2.75, 3.05) is 40.9 Å². The van der Waals surface area contributed by atoms with E-state index in [0.717, 1.165) is 25.7 Å². The van der Waals surface area contributed by atoms with Gasteiger partial charge < -0.3 is 44.2 Å². The third-order valence-corrected chi connectivity index (χ3v) is 10.2. The van der Waals surface area contributed by atoms with Gasteiger partial charge in [-0.25, -0.2) is 0 Å². The van der Waals surface area contributed by atoms with Crippen LogP contribution in [0.4, 0.5) is 0 Å². The highest BCUT2D eigenvalue weighted by Crippen LogP contribution is 2.38. The van der Waals surface area contributed by atoms with E-state index in [0.29, 0.717) is 17.4 Å². The van der Waals surface area contributed by atoms with E-state index in [4.69, 9.17) is 9.05 Å². The quantitative estimate of drug-likeness (QED) is 0.0137. The summed E-state index contributed by atoms with van der Waals surface area (Å²) in [6, 6.07) is -1.05. The summed E-state index contributed by atoms with van der Waals surface area (Å²) in [7, 11) is 1.03. The van der Waals surface area contributed by atoms with Gasteiger partial charge in [0.15, 0.2) is 0 Å². The molecule has 0 aromatic heterocycles. The highest BCUT2D eigenvalue weighted by atomic mass is 31.2. The highest BCUT2D eigenvalue weighted by molar-refractivity contribution is 7.45. The lowest BCUT2D eigenvalue weighted by Crippen LogP contribution is -2.46. The Labute approximate surface area is 346 Å². The van der Waals surface area contributed by atoms with Gasteiger partial charge in [-0.15, -0.1) is 0 Å². The topological polar surface area (TPSA) is 169 Å². The number of nitrogens with zero attached hydrogens (tertiary/aromatic N) is 1. The summed E-state index contributed by atoms with van der Waals surface area (Å²) in [5, 5.41) is 44.2. The van der Waals surface area contributed by atoms with E-state index in [1.807, 2.05) is 46.3 Å². The van der Waals surface area contributed by atoms with Crippen LogP contribution in [0.15, 0.2) is 72.9 Å². The van der Waals surface area contributed by atoms with Crippen molar-refractivity contribution in [2.24, 2.45) is 0 Å². The summed E-state index contributed by atoms with van der Waals surface area (Å²) in [6.07, 6.45) is 36.0. The number of nitrogens with one attached hydrogen (secondary N) is 1. The number of amides is 1. The largest absolute Gasteiger partial charge is 0.756 e. The molecule has 0 bridgehead atoms. The van der Waals surface area contributed by atoms with Gasteiger partial charge in [0.05, 0.1) is 58.2 Å². The van der Waals surface area contributed by atoms with Crippen molar-refractivity contribution in [2.45, 2.75) is 166 Å². The minimum absolute atomic E-state index is 0.0176. The van der Waals surface area contributed by atoms with Gasteiger partial charge in [0.1, 0.15) is 13.2 Å². The first-order valence-electron chi connectivity index (χ1n) is 21.6. The number of hydrogen-bond acceptors (Lipinski definition) is 9. The van der Waals surface area contributed by atoms with Crippen molar-refractivity contribution in [1.29, 1.82) is 0 Å². The fourth-order valence-electron chi connectivity index (χ4n) is 5.67. The second-order valence-corrected chi connectivity index (χ2v) is 17.3. The molecule has 1 unspecified atom stereocenters.